The lowest BCUT2D eigenvalue weighted by molar-refractivity contribution is -0.115. The number of para-hydroxylation sites is 1. The second-order valence-corrected chi connectivity index (χ2v) is 11.0. The van der Waals surface area contributed by atoms with Gasteiger partial charge < -0.3 is 5.32 Å². The van der Waals surface area contributed by atoms with Gasteiger partial charge in [0.25, 0.3) is 0 Å². The minimum Gasteiger partial charge on any atom is -0.325 e. The second kappa shape index (κ2) is 8.79. The first kappa shape index (κ1) is 21.3. The van der Waals surface area contributed by atoms with Crippen LogP contribution in [0.25, 0.3) is 20.4 Å². The quantitative estimate of drug-likeness (QED) is 0.279. The number of aromatic nitrogens is 3. The Morgan fingerprint density at radius 2 is 1.91 bits per heavy atom. The van der Waals surface area contributed by atoms with E-state index in [-0.39, 0.29) is 11.2 Å². The molecule has 1 aliphatic rings. The van der Waals surface area contributed by atoms with Crippen LogP contribution in [0.4, 0.5) is 5.69 Å². The Hall–Kier alpha value is -2.51. The summed E-state index contributed by atoms with van der Waals surface area (Å²) in [6, 6.07) is 9.55. The van der Waals surface area contributed by atoms with Crippen molar-refractivity contribution in [1.29, 1.82) is 0 Å². The molecule has 0 fully saturated rings. The van der Waals surface area contributed by atoms with Gasteiger partial charge in [-0.3, -0.25) is 4.79 Å². The number of pyridine rings is 1. The normalized spacial score (nSPS) is 14.2. The lowest BCUT2D eigenvalue weighted by Crippen LogP contribution is -2.22. The highest BCUT2D eigenvalue weighted by molar-refractivity contribution is 8.00. The molecule has 1 amide bonds. The van der Waals surface area contributed by atoms with Gasteiger partial charge >= 0.3 is 0 Å². The van der Waals surface area contributed by atoms with Crippen molar-refractivity contribution in [3.05, 3.63) is 53.5 Å². The van der Waals surface area contributed by atoms with Crippen LogP contribution >= 0.6 is 23.1 Å². The number of thioether (sulfide) groups is 1. The highest BCUT2D eigenvalue weighted by atomic mass is 32.2. The van der Waals surface area contributed by atoms with Gasteiger partial charge in [0, 0.05) is 16.8 Å². The molecule has 0 saturated heterocycles. The van der Waals surface area contributed by atoms with Crippen LogP contribution < -0.4 is 5.32 Å². The van der Waals surface area contributed by atoms with E-state index in [0.717, 1.165) is 45.0 Å². The summed E-state index contributed by atoms with van der Waals surface area (Å²) >= 11 is 3.15. The van der Waals surface area contributed by atoms with Crippen molar-refractivity contribution in [2.75, 3.05) is 5.32 Å². The molecule has 1 atom stereocenters. The summed E-state index contributed by atoms with van der Waals surface area (Å²) in [6.07, 6.45) is 6.02. The van der Waals surface area contributed by atoms with Crippen LogP contribution in [0.5, 0.6) is 0 Å². The average Bonchev–Trinajstić information content (AvgIpc) is 3.39. The third-order valence-electron chi connectivity index (χ3n) is 5.83. The number of benzene rings is 1. The molecule has 4 aromatic rings. The fourth-order valence-electron chi connectivity index (χ4n) is 4.38. The van der Waals surface area contributed by atoms with E-state index in [1.165, 1.54) is 40.4 Å². The Balaban J connectivity index is 1.51. The molecule has 5 nitrogen and oxygen atoms in total. The first-order valence-corrected chi connectivity index (χ1v) is 12.8. The fourth-order valence-corrected chi connectivity index (χ4v) is 6.53. The number of fused-ring (bicyclic) bond motifs is 5. The molecule has 0 radical (unpaired) electrons. The average molecular weight is 463 g/mol. The van der Waals surface area contributed by atoms with Crippen molar-refractivity contribution in [3.8, 4) is 0 Å². The van der Waals surface area contributed by atoms with Crippen LogP contribution in [0.3, 0.4) is 0 Å². The fraction of sp³-hybridized carbons (Fsp3) is 0.360. The summed E-state index contributed by atoms with van der Waals surface area (Å²) in [7, 11) is 0. The van der Waals surface area contributed by atoms with Gasteiger partial charge in [-0.2, -0.15) is 0 Å². The SMILES string of the molecule is CC(C)Cc1nc2sc3c(S[C@H](C)C(=O)Nc4ccccc4)ncnc3c2c2c1CCC2. The molecule has 164 valence electrons. The molecule has 0 aliphatic heterocycles. The van der Waals surface area contributed by atoms with E-state index in [2.05, 4.69) is 29.1 Å². The lowest BCUT2D eigenvalue weighted by atomic mass is 9.99. The van der Waals surface area contributed by atoms with Crippen molar-refractivity contribution < 1.29 is 4.79 Å². The van der Waals surface area contributed by atoms with Crippen LogP contribution in [-0.4, -0.2) is 26.1 Å². The van der Waals surface area contributed by atoms with Crippen molar-refractivity contribution in [1.82, 2.24) is 15.0 Å². The van der Waals surface area contributed by atoms with E-state index in [1.807, 2.05) is 37.3 Å². The highest BCUT2D eigenvalue weighted by Gasteiger charge is 2.25. The molecular weight excluding hydrogens is 436 g/mol. The van der Waals surface area contributed by atoms with Gasteiger partial charge in [0.2, 0.25) is 5.91 Å². The minimum absolute atomic E-state index is 0.0349. The summed E-state index contributed by atoms with van der Waals surface area (Å²) < 4.78 is 1.04. The van der Waals surface area contributed by atoms with E-state index in [9.17, 15) is 4.79 Å². The molecule has 3 aromatic heterocycles. The monoisotopic (exact) mass is 462 g/mol. The number of carbonyl (C=O) groups excluding carboxylic acids is 1. The zero-order valence-corrected chi connectivity index (χ0v) is 20.1. The molecule has 0 unspecified atom stereocenters. The molecule has 32 heavy (non-hydrogen) atoms. The molecule has 1 N–H and O–H groups in total. The summed E-state index contributed by atoms with van der Waals surface area (Å²) in [6.45, 7) is 6.42. The van der Waals surface area contributed by atoms with Gasteiger partial charge in [0.1, 0.15) is 16.2 Å². The van der Waals surface area contributed by atoms with Crippen LogP contribution in [0.15, 0.2) is 41.7 Å². The first-order chi connectivity index (χ1) is 15.5. The maximum atomic E-state index is 12.7. The number of nitrogens with zero attached hydrogens (tertiary/aromatic N) is 3. The summed E-state index contributed by atoms with van der Waals surface area (Å²) in [5, 5.41) is 4.76. The standard InChI is InChI=1S/C25H26N4OS2/c1-14(2)12-19-17-10-7-11-18(17)20-21-22(32-24(20)29-19)25(27-13-26-21)31-15(3)23(30)28-16-8-5-4-6-9-16/h4-6,8-9,13-15H,7,10-12H2,1-3H3,(H,28,30)/t15-/m1/s1. The molecule has 7 heteroatoms. The van der Waals surface area contributed by atoms with Crippen LogP contribution in [0.2, 0.25) is 0 Å². The topological polar surface area (TPSA) is 67.8 Å². The maximum absolute atomic E-state index is 12.7. The number of nitrogens with one attached hydrogen (secondary N) is 1. The molecule has 5 rings (SSSR count). The zero-order chi connectivity index (χ0) is 22.2. The Labute approximate surface area is 196 Å². The van der Waals surface area contributed by atoms with E-state index >= 15 is 0 Å². The van der Waals surface area contributed by atoms with Crippen LogP contribution in [0.1, 0.15) is 44.0 Å². The van der Waals surface area contributed by atoms with Crippen molar-refractivity contribution in [3.63, 3.8) is 0 Å². The summed E-state index contributed by atoms with van der Waals surface area (Å²) in [4.78, 5) is 28.1. The van der Waals surface area contributed by atoms with Gasteiger partial charge in [-0.05, 0) is 61.8 Å². The van der Waals surface area contributed by atoms with Crippen molar-refractivity contribution in [2.45, 2.75) is 56.7 Å². The number of anilines is 1. The smallest absolute Gasteiger partial charge is 0.237 e. The van der Waals surface area contributed by atoms with E-state index in [1.54, 1.807) is 17.7 Å². The van der Waals surface area contributed by atoms with Gasteiger partial charge in [-0.1, -0.05) is 43.8 Å². The Bertz CT molecular complexity index is 1300. The second-order valence-electron chi connectivity index (χ2n) is 8.72. The van der Waals surface area contributed by atoms with Gasteiger partial charge in [0.05, 0.1) is 15.5 Å². The third kappa shape index (κ3) is 3.99. The highest BCUT2D eigenvalue weighted by Crippen LogP contribution is 2.42. The lowest BCUT2D eigenvalue weighted by Gasteiger charge is -2.12. The summed E-state index contributed by atoms with van der Waals surface area (Å²) in [5.41, 5.74) is 5.91. The Kier molecular flexibility index (Phi) is 5.86. The molecule has 1 aliphatic carbocycles. The molecule has 3 heterocycles. The largest absolute Gasteiger partial charge is 0.325 e. The number of rotatable bonds is 6. The number of thiophene rings is 1. The molecule has 0 bridgehead atoms. The van der Waals surface area contributed by atoms with Crippen LogP contribution in [0, 0.1) is 5.92 Å². The minimum atomic E-state index is -0.284. The molecule has 0 saturated carbocycles. The predicted octanol–water partition coefficient (Wildman–Crippen LogP) is 6.05. The number of carbonyl (C=O) groups is 1. The first-order valence-electron chi connectivity index (χ1n) is 11.1. The van der Waals surface area contributed by atoms with E-state index in [4.69, 9.17) is 4.98 Å². The molecule has 1 aromatic carbocycles. The Morgan fingerprint density at radius 3 is 2.69 bits per heavy atom. The molecular formula is C25H26N4OS2. The van der Waals surface area contributed by atoms with E-state index < -0.39 is 0 Å². The number of aryl methyl sites for hydroxylation is 1. The van der Waals surface area contributed by atoms with Gasteiger partial charge in [-0.15, -0.1) is 11.3 Å². The van der Waals surface area contributed by atoms with Crippen molar-refractivity contribution >= 4 is 55.1 Å². The summed E-state index contributed by atoms with van der Waals surface area (Å²) in [5.74, 6) is 0.543. The number of hydrogen-bond donors (Lipinski definition) is 1. The number of hydrogen-bond acceptors (Lipinski definition) is 6. The number of amides is 1. The van der Waals surface area contributed by atoms with Gasteiger partial charge in [-0.25, -0.2) is 15.0 Å². The third-order valence-corrected chi connectivity index (χ3v) is 8.13. The predicted molar refractivity (Wildman–Crippen MR) is 134 cm³/mol. The van der Waals surface area contributed by atoms with Crippen LogP contribution in [-0.2, 0) is 24.1 Å². The maximum Gasteiger partial charge on any atom is 0.237 e. The molecule has 0 spiro atoms. The van der Waals surface area contributed by atoms with Crippen molar-refractivity contribution in [2.24, 2.45) is 5.92 Å². The van der Waals surface area contributed by atoms with E-state index in [0.29, 0.717) is 5.92 Å². The Morgan fingerprint density at radius 1 is 1.12 bits per heavy atom. The van der Waals surface area contributed by atoms with Gasteiger partial charge in [0.15, 0.2) is 0 Å². The zero-order valence-electron chi connectivity index (χ0n) is 18.5.